The molecule has 1 atom stereocenters. The third-order valence-electron chi connectivity index (χ3n) is 5.14. The van der Waals surface area contributed by atoms with Crippen LogP contribution in [0.3, 0.4) is 0 Å². The summed E-state index contributed by atoms with van der Waals surface area (Å²) in [6.45, 7) is 1.95. The Morgan fingerprint density at radius 2 is 2.03 bits per heavy atom. The maximum Gasteiger partial charge on any atom is 0.337 e. The second-order valence-electron chi connectivity index (χ2n) is 7.01. The number of carbonyl (C=O) groups is 2. The molecule has 0 bridgehead atoms. The molecule has 7 nitrogen and oxygen atoms in total. The first-order valence-electron chi connectivity index (χ1n) is 9.27. The lowest BCUT2D eigenvalue weighted by Crippen LogP contribution is -2.50. The zero-order chi connectivity index (χ0) is 21.3. The fourth-order valence-corrected chi connectivity index (χ4v) is 3.51. The molecule has 0 saturated carbocycles. The quantitative estimate of drug-likeness (QED) is 0.689. The van der Waals surface area contributed by atoms with Gasteiger partial charge in [0.2, 0.25) is 0 Å². The monoisotopic (exact) mass is 407 g/mol. The number of aromatic nitrogens is 2. The van der Waals surface area contributed by atoms with Gasteiger partial charge in [-0.3, -0.25) is 14.8 Å². The Bertz CT molecular complexity index is 1130. The molecule has 2 N–H and O–H groups in total. The van der Waals surface area contributed by atoms with E-state index in [9.17, 15) is 14.0 Å². The van der Waals surface area contributed by atoms with Gasteiger partial charge in [-0.15, -0.1) is 0 Å². The second-order valence-corrected chi connectivity index (χ2v) is 7.01. The van der Waals surface area contributed by atoms with Crippen LogP contribution in [0, 0.1) is 12.7 Å². The van der Waals surface area contributed by atoms with E-state index in [1.165, 1.54) is 18.2 Å². The number of nitrogens with zero attached hydrogens (tertiary/aromatic N) is 2. The molecule has 152 valence electrons. The van der Waals surface area contributed by atoms with Crippen molar-refractivity contribution in [1.82, 2.24) is 15.3 Å². The molecule has 0 aliphatic carbocycles. The van der Waals surface area contributed by atoms with Crippen molar-refractivity contribution in [3.8, 4) is 5.75 Å². The van der Waals surface area contributed by atoms with Gasteiger partial charge < -0.3 is 15.2 Å². The Kier molecular flexibility index (Phi) is 4.91. The van der Waals surface area contributed by atoms with Gasteiger partial charge >= 0.3 is 5.97 Å². The molecule has 0 radical (unpaired) electrons. The van der Waals surface area contributed by atoms with Crippen molar-refractivity contribution in [3.05, 3.63) is 88.8 Å². The largest absolute Gasteiger partial charge is 0.491 e. The molecule has 8 heteroatoms. The molecular formula is C22H18FN3O4. The average molecular weight is 407 g/mol. The number of pyridine rings is 2. The van der Waals surface area contributed by atoms with E-state index in [0.717, 1.165) is 6.20 Å². The first-order chi connectivity index (χ1) is 14.4. The van der Waals surface area contributed by atoms with Gasteiger partial charge in [0, 0.05) is 18.8 Å². The van der Waals surface area contributed by atoms with E-state index in [1.54, 1.807) is 37.4 Å². The number of hydrogen-bond acceptors (Lipinski definition) is 5. The standard InChI is InChI=1S/C22H18FN3O4/c1-13-4-6-15(11-16(13)23)22(8-10-30-18-3-2-9-24-19(18)22)26-20(27)17-7-5-14(12-25-17)21(28)29/h2-7,9,11-12H,8,10H2,1H3,(H,26,27)(H,28,29)/t22-/m0/s1. The molecule has 0 unspecified atom stereocenters. The predicted octanol–water partition coefficient (Wildman–Crippen LogP) is 3.08. The van der Waals surface area contributed by atoms with E-state index in [4.69, 9.17) is 9.84 Å². The third-order valence-corrected chi connectivity index (χ3v) is 5.14. The van der Waals surface area contributed by atoms with E-state index in [1.807, 2.05) is 0 Å². The molecule has 4 rings (SSSR count). The number of aromatic carboxylic acids is 1. The van der Waals surface area contributed by atoms with E-state index in [2.05, 4.69) is 15.3 Å². The first-order valence-corrected chi connectivity index (χ1v) is 9.27. The molecule has 0 fully saturated rings. The maximum absolute atomic E-state index is 14.4. The summed E-state index contributed by atoms with van der Waals surface area (Å²) in [7, 11) is 0. The number of nitrogens with one attached hydrogen (secondary N) is 1. The minimum absolute atomic E-state index is 0.0278. The Hall–Kier alpha value is -3.81. The zero-order valence-electron chi connectivity index (χ0n) is 16.1. The van der Waals surface area contributed by atoms with Crippen LogP contribution in [0.1, 0.15) is 44.1 Å². The first kappa shape index (κ1) is 19.5. The molecule has 1 aromatic carbocycles. The lowest BCUT2D eigenvalue weighted by molar-refractivity contribution is 0.0695. The highest BCUT2D eigenvalue weighted by Crippen LogP contribution is 2.41. The normalized spacial score (nSPS) is 17.5. The van der Waals surface area contributed by atoms with Gasteiger partial charge in [-0.2, -0.15) is 0 Å². The van der Waals surface area contributed by atoms with Crippen LogP contribution in [0.2, 0.25) is 0 Å². The van der Waals surface area contributed by atoms with Crippen molar-refractivity contribution in [2.75, 3.05) is 6.61 Å². The molecule has 1 aliphatic heterocycles. The van der Waals surface area contributed by atoms with Gasteiger partial charge in [0.05, 0.1) is 12.2 Å². The number of carboxylic acid groups (broad SMARTS) is 1. The lowest BCUT2D eigenvalue weighted by atomic mass is 9.81. The van der Waals surface area contributed by atoms with Gasteiger partial charge in [-0.05, 0) is 48.4 Å². The summed E-state index contributed by atoms with van der Waals surface area (Å²) in [5, 5.41) is 12.0. The van der Waals surface area contributed by atoms with E-state index in [0.29, 0.717) is 35.6 Å². The van der Waals surface area contributed by atoms with E-state index >= 15 is 0 Å². The summed E-state index contributed by atoms with van der Waals surface area (Å²) in [4.78, 5) is 32.5. The topological polar surface area (TPSA) is 101 Å². The summed E-state index contributed by atoms with van der Waals surface area (Å²) in [5.41, 5.74) is 0.364. The fraction of sp³-hybridized carbons (Fsp3) is 0.182. The van der Waals surface area contributed by atoms with Gasteiger partial charge in [0.1, 0.15) is 28.5 Å². The van der Waals surface area contributed by atoms with Crippen LogP contribution in [-0.4, -0.2) is 33.6 Å². The minimum Gasteiger partial charge on any atom is -0.491 e. The summed E-state index contributed by atoms with van der Waals surface area (Å²) < 4.78 is 20.1. The molecule has 0 spiro atoms. The molecule has 3 aromatic rings. The fourth-order valence-electron chi connectivity index (χ4n) is 3.51. The zero-order valence-corrected chi connectivity index (χ0v) is 16.1. The SMILES string of the molecule is Cc1ccc([C@@]2(NC(=O)c3ccc(C(=O)O)cn3)CCOc3cccnc32)cc1F. The maximum atomic E-state index is 14.4. The van der Waals surface area contributed by atoms with Crippen molar-refractivity contribution in [1.29, 1.82) is 0 Å². The number of ether oxygens (including phenoxy) is 1. The van der Waals surface area contributed by atoms with Crippen molar-refractivity contribution < 1.29 is 23.8 Å². The molecule has 3 heterocycles. The highest BCUT2D eigenvalue weighted by molar-refractivity contribution is 5.94. The third kappa shape index (κ3) is 3.36. The molecule has 2 aromatic heterocycles. The van der Waals surface area contributed by atoms with Crippen molar-refractivity contribution in [2.24, 2.45) is 0 Å². The Labute approximate surface area is 171 Å². The Balaban J connectivity index is 1.80. The molecule has 30 heavy (non-hydrogen) atoms. The number of halogens is 1. The second kappa shape index (κ2) is 7.55. The number of fused-ring (bicyclic) bond motifs is 1. The molecule has 1 amide bonds. The summed E-state index contributed by atoms with van der Waals surface area (Å²) >= 11 is 0. The van der Waals surface area contributed by atoms with E-state index in [-0.39, 0.29) is 11.3 Å². The van der Waals surface area contributed by atoms with E-state index < -0.39 is 23.2 Å². The average Bonchev–Trinajstić information content (AvgIpc) is 2.76. The van der Waals surface area contributed by atoms with Crippen LogP contribution in [-0.2, 0) is 5.54 Å². The number of aryl methyl sites for hydroxylation is 1. The smallest absolute Gasteiger partial charge is 0.337 e. The predicted molar refractivity (Wildman–Crippen MR) is 105 cm³/mol. The molecule has 0 saturated heterocycles. The van der Waals surface area contributed by atoms with Crippen LogP contribution in [0.25, 0.3) is 0 Å². The number of hydrogen-bond donors (Lipinski definition) is 2. The molecule has 1 aliphatic rings. The van der Waals surface area contributed by atoms with Crippen LogP contribution in [0.4, 0.5) is 4.39 Å². The lowest BCUT2D eigenvalue weighted by Gasteiger charge is -2.39. The van der Waals surface area contributed by atoms with Crippen LogP contribution < -0.4 is 10.1 Å². The van der Waals surface area contributed by atoms with Crippen LogP contribution in [0.5, 0.6) is 5.75 Å². The minimum atomic E-state index is -1.14. The Morgan fingerprint density at radius 3 is 2.73 bits per heavy atom. The van der Waals surface area contributed by atoms with Gasteiger partial charge in [0.25, 0.3) is 5.91 Å². The van der Waals surface area contributed by atoms with Crippen molar-refractivity contribution >= 4 is 11.9 Å². The van der Waals surface area contributed by atoms with Gasteiger partial charge in [-0.25, -0.2) is 9.18 Å². The van der Waals surface area contributed by atoms with Gasteiger partial charge in [0.15, 0.2) is 0 Å². The highest BCUT2D eigenvalue weighted by atomic mass is 19.1. The van der Waals surface area contributed by atoms with Crippen LogP contribution >= 0.6 is 0 Å². The number of benzene rings is 1. The van der Waals surface area contributed by atoms with Gasteiger partial charge in [-0.1, -0.05) is 12.1 Å². The summed E-state index contributed by atoms with van der Waals surface area (Å²) in [6.07, 6.45) is 3.03. The van der Waals surface area contributed by atoms with Crippen molar-refractivity contribution in [2.45, 2.75) is 18.9 Å². The Morgan fingerprint density at radius 1 is 1.20 bits per heavy atom. The van der Waals surface area contributed by atoms with Crippen LogP contribution in [0.15, 0.2) is 54.9 Å². The number of amides is 1. The number of rotatable bonds is 4. The number of carbonyl (C=O) groups excluding carboxylic acids is 1. The molecular weight excluding hydrogens is 389 g/mol. The highest BCUT2D eigenvalue weighted by Gasteiger charge is 2.43. The summed E-state index contributed by atoms with van der Waals surface area (Å²) in [5.74, 6) is -1.57. The van der Waals surface area contributed by atoms with Crippen molar-refractivity contribution in [3.63, 3.8) is 0 Å². The summed E-state index contributed by atoms with van der Waals surface area (Å²) in [6, 6.07) is 10.9. The number of carboxylic acids is 1.